The van der Waals surface area contributed by atoms with Crippen molar-refractivity contribution in [3.63, 3.8) is 0 Å². The Labute approximate surface area is 187 Å². The third-order valence-corrected chi connectivity index (χ3v) is 7.64. The lowest BCUT2D eigenvalue weighted by molar-refractivity contribution is 0.330. The average Bonchev–Trinajstić information content (AvgIpc) is 3.38. The molecule has 1 N–H and O–H groups in total. The number of pyridine rings is 1. The lowest BCUT2D eigenvalue weighted by atomic mass is 10.0. The molecule has 1 aromatic carbocycles. The summed E-state index contributed by atoms with van der Waals surface area (Å²) < 4.78 is 28.4. The number of hydrogen-bond acceptors (Lipinski definition) is 7. The van der Waals surface area contributed by atoms with Crippen molar-refractivity contribution >= 4 is 26.9 Å². The highest BCUT2D eigenvalue weighted by atomic mass is 32.2. The number of nitrogens with zero attached hydrogens (tertiary/aromatic N) is 5. The van der Waals surface area contributed by atoms with E-state index >= 15 is 0 Å². The molecule has 9 heteroatoms. The van der Waals surface area contributed by atoms with Gasteiger partial charge in [0.25, 0.3) is 10.0 Å². The highest BCUT2D eigenvalue weighted by Crippen LogP contribution is 2.31. The monoisotopic (exact) mass is 448 g/mol. The van der Waals surface area contributed by atoms with Crippen LogP contribution in [0.1, 0.15) is 25.3 Å². The summed E-state index contributed by atoms with van der Waals surface area (Å²) in [6.45, 7) is 4.40. The number of nitrogens with one attached hydrogen (secondary N) is 1. The summed E-state index contributed by atoms with van der Waals surface area (Å²) in [6.07, 6.45) is 2.78. The van der Waals surface area contributed by atoms with E-state index in [0.29, 0.717) is 35.7 Å². The minimum absolute atomic E-state index is 0.0307. The van der Waals surface area contributed by atoms with Crippen molar-refractivity contribution in [3.05, 3.63) is 54.2 Å². The molecular weight excluding hydrogens is 424 g/mol. The van der Waals surface area contributed by atoms with Gasteiger partial charge in [-0.25, -0.2) is 17.4 Å². The Kier molecular flexibility index (Phi) is 6.13. The maximum absolute atomic E-state index is 13.6. The van der Waals surface area contributed by atoms with Crippen LogP contribution in [0.2, 0.25) is 0 Å². The Balaban J connectivity index is 1.78. The van der Waals surface area contributed by atoms with Crippen LogP contribution in [-0.4, -0.2) is 48.0 Å². The van der Waals surface area contributed by atoms with Gasteiger partial charge >= 0.3 is 0 Å². The maximum atomic E-state index is 13.6. The molecule has 2 aromatic heterocycles. The Hall–Kier alpha value is -3.40. The van der Waals surface area contributed by atoms with E-state index in [2.05, 4.69) is 34.3 Å². The molecule has 164 valence electrons. The Bertz CT molecular complexity index is 1300. The first kappa shape index (κ1) is 21.8. The molecule has 1 fully saturated rings. The molecule has 0 radical (unpaired) electrons. The van der Waals surface area contributed by atoms with Crippen LogP contribution >= 0.6 is 0 Å². The third kappa shape index (κ3) is 4.05. The minimum Gasteiger partial charge on any atom is -0.366 e. The van der Waals surface area contributed by atoms with Crippen molar-refractivity contribution in [3.8, 4) is 12.1 Å². The van der Waals surface area contributed by atoms with Gasteiger partial charge in [0.05, 0.1) is 16.5 Å². The van der Waals surface area contributed by atoms with Crippen molar-refractivity contribution in [2.24, 2.45) is 5.92 Å². The molecule has 2 atom stereocenters. The second kappa shape index (κ2) is 8.99. The van der Waals surface area contributed by atoms with Crippen LogP contribution in [0.5, 0.6) is 0 Å². The highest BCUT2D eigenvalue weighted by molar-refractivity contribution is 7.90. The summed E-state index contributed by atoms with van der Waals surface area (Å²) in [5, 5.41) is 22.2. The van der Waals surface area contributed by atoms with Crippen molar-refractivity contribution < 1.29 is 8.42 Å². The van der Waals surface area contributed by atoms with Crippen LogP contribution in [0.15, 0.2) is 53.6 Å². The zero-order valence-corrected chi connectivity index (χ0v) is 18.6. The first-order valence-corrected chi connectivity index (χ1v) is 12.0. The summed E-state index contributed by atoms with van der Waals surface area (Å²) in [4.78, 5) is 6.71. The van der Waals surface area contributed by atoms with Gasteiger partial charge in [-0.2, -0.15) is 10.5 Å². The van der Waals surface area contributed by atoms with Crippen LogP contribution in [0.4, 0.5) is 5.82 Å². The Morgan fingerprint density at radius 1 is 1.19 bits per heavy atom. The summed E-state index contributed by atoms with van der Waals surface area (Å²) in [5.74, 6) is 0.749. The number of fused-ring (bicyclic) bond motifs is 1. The quantitative estimate of drug-likeness (QED) is 0.590. The van der Waals surface area contributed by atoms with Crippen LogP contribution in [0, 0.1) is 28.6 Å². The van der Waals surface area contributed by atoms with E-state index in [-0.39, 0.29) is 16.6 Å². The SMILES string of the molecule is CC[C@H]1CN(CCC#N)C[C@H]1Nc1cc2cc(C#N)cnc2n1S(=O)(=O)c1ccccc1. The number of anilines is 1. The zero-order valence-electron chi connectivity index (χ0n) is 17.8. The van der Waals surface area contributed by atoms with Crippen molar-refractivity contribution in [1.82, 2.24) is 13.9 Å². The molecule has 0 aliphatic carbocycles. The number of rotatable bonds is 7. The second-order valence-corrected chi connectivity index (χ2v) is 9.73. The lowest BCUT2D eigenvalue weighted by Crippen LogP contribution is -2.31. The maximum Gasteiger partial charge on any atom is 0.271 e. The lowest BCUT2D eigenvalue weighted by Gasteiger charge is -2.21. The van der Waals surface area contributed by atoms with Crippen molar-refractivity contribution in [1.29, 1.82) is 10.5 Å². The molecule has 3 aromatic rings. The molecule has 1 aliphatic heterocycles. The first-order chi connectivity index (χ1) is 15.5. The van der Waals surface area contributed by atoms with E-state index < -0.39 is 10.0 Å². The van der Waals surface area contributed by atoms with Gasteiger partial charge in [-0.1, -0.05) is 31.5 Å². The van der Waals surface area contributed by atoms with Gasteiger partial charge in [0.1, 0.15) is 11.9 Å². The fourth-order valence-corrected chi connectivity index (χ4v) is 5.75. The van der Waals surface area contributed by atoms with Crippen LogP contribution in [0.3, 0.4) is 0 Å². The molecule has 3 heterocycles. The van der Waals surface area contributed by atoms with Crippen LogP contribution in [0.25, 0.3) is 11.0 Å². The van der Waals surface area contributed by atoms with Crippen molar-refractivity contribution in [2.75, 3.05) is 25.0 Å². The largest absolute Gasteiger partial charge is 0.366 e. The average molecular weight is 449 g/mol. The molecule has 1 aliphatic rings. The van der Waals surface area contributed by atoms with Gasteiger partial charge in [-0.15, -0.1) is 0 Å². The molecule has 0 unspecified atom stereocenters. The number of nitriles is 2. The van der Waals surface area contributed by atoms with E-state index in [9.17, 15) is 13.7 Å². The highest BCUT2D eigenvalue weighted by Gasteiger charge is 2.33. The van der Waals surface area contributed by atoms with E-state index in [1.807, 2.05) is 0 Å². The summed E-state index contributed by atoms with van der Waals surface area (Å²) >= 11 is 0. The van der Waals surface area contributed by atoms with Gasteiger partial charge in [0.2, 0.25) is 0 Å². The van der Waals surface area contributed by atoms with Crippen LogP contribution < -0.4 is 5.32 Å². The predicted molar refractivity (Wildman–Crippen MR) is 121 cm³/mol. The fraction of sp³-hybridized carbons (Fsp3) is 0.348. The fourth-order valence-electron chi connectivity index (χ4n) is 4.29. The molecular formula is C23H24N6O2S. The van der Waals surface area contributed by atoms with Gasteiger partial charge < -0.3 is 5.32 Å². The molecule has 32 heavy (non-hydrogen) atoms. The Morgan fingerprint density at radius 3 is 2.66 bits per heavy atom. The van der Waals surface area contributed by atoms with Gasteiger partial charge in [-0.3, -0.25) is 4.90 Å². The second-order valence-electron chi connectivity index (χ2n) is 7.95. The summed E-state index contributed by atoms with van der Waals surface area (Å²) in [7, 11) is -3.91. The molecule has 0 bridgehead atoms. The predicted octanol–water partition coefficient (Wildman–Crippen LogP) is 3.18. The minimum atomic E-state index is -3.91. The molecule has 0 spiro atoms. The van der Waals surface area contributed by atoms with E-state index in [1.54, 1.807) is 42.5 Å². The molecule has 0 amide bonds. The number of aromatic nitrogens is 2. The summed E-state index contributed by atoms with van der Waals surface area (Å²) in [5.41, 5.74) is 0.649. The zero-order chi connectivity index (χ0) is 22.7. The van der Waals surface area contributed by atoms with Crippen LogP contribution in [-0.2, 0) is 10.0 Å². The van der Waals surface area contributed by atoms with E-state index in [1.165, 1.54) is 10.2 Å². The Morgan fingerprint density at radius 2 is 1.97 bits per heavy atom. The molecule has 4 rings (SSSR count). The molecule has 8 nitrogen and oxygen atoms in total. The van der Waals surface area contributed by atoms with E-state index in [4.69, 9.17) is 5.26 Å². The molecule has 1 saturated heterocycles. The number of benzene rings is 1. The smallest absolute Gasteiger partial charge is 0.271 e. The number of hydrogen-bond donors (Lipinski definition) is 1. The summed E-state index contributed by atoms with van der Waals surface area (Å²) in [6, 6.07) is 15.9. The van der Waals surface area contributed by atoms with Gasteiger partial charge in [-0.05, 0) is 30.2 Å². The standard InChI is InChI=1S/C23H24N6O2S/c1-2-18-15-28(10-6-9-24)16-21(18)27-22-12-19-11-17(13-25)14-26-23(19)29(22)32(30,31)20-7-4-3-5-8-20/h3-5,7-8,11-12,14,18,21,27H,2,6,10,15-16H2,1H3/t18-,21+/m0/s1. The first-order valence-electron chi connectivity index (χ1n) is 10.6. The third-order valence-electron chi connectivity index (χ3n) is 5.92. The van der Waals surface area contributed by atoms with Gasteiger partial charge in [0.15, 0.2) is 5.65 Å². The normalized spacial score (nSPS) is 19.0. The number of likely N-dealkylation sites (tertiary alicyclic amines) is 1. The van der Waals surface area contributed by atoms with Gasteiger partial charge in [0, 0.05) is 43.7 Å². The molecule has 0 saturated carbocycles. The topological polar surface area (TPSA) is 115 Å². The van der Waals surface area contributed by atoms with Crippen molar-refractivity contribution in [2.45, 2.75) is 30.7 Å². The van der Waals surface area contributed by atoms with E-state index in [0.717, 1.165) is 19.5 Å².